The Morgan fingerprint density at radius 1 is 1.21 bits per heavy atom. The van der Waals surface area contributed by atoms with E-state index in [0.717, 1.165) is 43.9 Å². The van der Waals surface area contributed by atoms with E-state index in [1.807, 2.05) is 12.1 Å². The number of fused-ring (bicyclic) bond motifs is 1. The summed E-state index contributed by atoms with van der Waals surface area (Å²) in [5, 5.41) is 13.2. The van der Waals surface area contributed by atoms with Crippen molar-refractivity contribution in [3.8, 4) is 11.5 Å². The molecule has 0 amide bonds. The summed E-state index contributed by atoms with van der Waals surface area (Å²) in [6.07, 6.45) is 2.76. The lowest BCUT2D eigenvalue weighted by atomic mass is 10.1. The molecule has 1 aromatic rings. The fourth-order valence-corrected chi connectivity index (χ4v) is 2.91. The molecule has 1 saturated heterocycles. The number of hydrogen-bond donors (Lipinski definition) is 2. The number of benzene rings is 1. The Morgan fingerprint density at radius 2 is 2.08 bits per heavy atom. The van der Waals surface area contributed by atoms with Crippen LogP contribution < -0.4 is 14.8 Å². The molecule has 0 aromatic heterocycles. The van der Waals surface area contributed by atoms with Crippen LogP contribution in [-0.4, -0.2) is 63.4 Å². The molecule has 2 aliphatic rings. The van der Waals surface area contributed by atoms with E-state index in [9.17, 15) is 5.11 Å². The fraction of sp³-hybridized carbons (Fsp3) is 0.667. The fourth-order valence-electron chi connectivity index (χ4n) is 2.91. The highest BCUT2D eigenvalue weighted by atomic mass is 16.6. The monoisotopic (exact) mass is 337 g/mol. The van der Waals surface area contributed by atoms with Gasteiger partial charge in [0.1, 0.15) is 13.2 Å². The zero-order chi connectivity index (χ0) is 16.6. The molecule has 0 unspecified atom stereocenters. The first-order chi connectivity index (χ1) is 11.8. The molecule has 1 fully saturated rings. The maximum absolute atomic E-state index is 9.91. The van der Waals surface area contributed by atoms with Gasteiger partial charge in [0.05, 0.1) is 25.4 Å². The minimum Gasteiger partial charge on any atom is -0.486 e. The van der Waals surface area contributed by atoms with Crippen molar-refractivity contribution in [2.75, 3.05) is 46.1 Å². The van der Waals surface area contributed by atoms with Crippen LogP contribution in [0.1, 0.15) is 18.4 Å². The molecule has 0 spiro atoms. The van der Waals surface area contributed by atoms with E-state index in [1.165, 1.54) is 5.56 Å². The van der Waals surface area contributed by atoms with Gasteiger partial charge in [0.15, 0.2) is 11.5 Å². The second-order valence-electron chi connectivity index (χ2n) is 6.26. The summed E-state index contributed by atoms with van der Waals surface area (Å²) < 4.78 is 22.1. The maximum atomic E-state index is 9.91. The number of rotatable bonds is 9. The minimum atomic E-state index is -0.494. The quantitative estimate of drug-likeness (QED) is 0.659. The SMILES string of the molecule is O[C@@H](CNCCc1ccc2c(c1)OCCO2)COC[C@H]1CCCO1. The highest BCUT2D eigenvalue weighted by Crippen LogP contribution is 2.30. The molecule has 1 aromatic carbocycles. The summed E-state index contributed by atoms with van der Waals surface area (Å²) in [6.45, 7) is 4.29. The zero-order valence-electron chi connectivity index (χ0n) is 14.0. The highest BCUT2D eigenvalue weighted by molar-refractivity contribution is 5.43. The Bertz CT molecular complexity index is 504. The number of hydrogen-bond acceptors (Lipinski definition) is 6. The average molecular weight is 337 g/mol. The van der Waals surface area contributed by atoms with Gasteiger partial charge in [-0.3, -0.25) is 0 Å². The number of nitrogens with one attached hydrogen (secondary N) is 1. The Labute approximate surface area is 143 Å². The standard InChI is InChI=1S/C18H27NO5/c20-15(12-21-13-16-2-1-7-22-16)11-19-6-5-14-3-4-17-18(10-14)24-9-8-23-17/h3-4,10,15-16,19-20H,1-2,5-9,11-13H2/t15-,16+/m0/s1. The zero-order valence-corrected chi connectivity index (χ0v) is 14.0. The summed E-state index contributed by atoms with van der Waals surface area (Å²) in [5.41, 5.74) is 1.19. The first-order valence-corrected chi connectivity index (χ1v) is 8.78. The van der Waals surface area contributed by atoms with E-state index in [4.69, 9.17) is 18.9 Å². The molecule has 0 bridgehead atoms. The van der Waals surface area contributed by atoms with Crippen LogP contribution in [0.5, 0.6) is 11.5 Å². The molecule has 6 heteroatoms. The van der Waals surface area contributed by atoms with E-state index in [-0.39, 0.29) is 6.10 Å². The third-order valence-electron chi connectivity index (χ3n) is 4.21. The van der Waals surface area contributed by atoms with Crippen molar-refractivity contribution < 1.29 is 24.1 Å². The first-order valence-electron chi connectivity index (χ1n) is 8.78. The molecule has 0 aliphatic carbocycles. The molecule has 2 aliphatic heterocycles. The van der Waals surface area contributed by atoms with Gasteiger partial charge in [-0.05, 0) is 43.5 Å². The van der Waals surface area contributed by atoms with Crippen molar-refractivity contribution >= 4 is 0 Å². The Hall–Kier alpha value is -1.34. The second-order valence-corrected chi connectivity index (χ2v) is 6.26. The molecular weight excluding hydrogens is 310 g/mol. The van der Waals surface area contributed by atoms with Crippen LogP contribution in [-0.2, 0) is 15.9 Å². The molecular formula is C18H27NO5. The molecule has 0 radical (unpaired) electrons. The van der Waals surface area contributed by atoms with Crippen LogP contribution in [0.3, 0.4) is 0 Å². The number of ether oxygens (including phenoxy) is 4. The van der Waals surface area contributed by atoms with Gasteiger partial charge in [-0.1, -0.05) is 6.07 Å². The third-order valence-corrected chi connectivity index (χ3v) is 4.21. The largest absolute Gasteiger partial charge is 0.486 e. The van der Waals surface area contributed by atoms with E-state index in [2.05, 4.69) is 11.4 Å². The van der Waals surface area contributed by atoms with Crippen molar-refractivity contribution in [2.24, 2.45) is 0 Å². The van der Waals surface area contributed by atoms with Crippen molar-refractivity contribution in [2.45, 2.75) is 31.5 Å². The molecule has 6 nitrogen and oxygen atoms in total. The van der Waals surface area contributed by atoms with E-state index >= 15 is 0 Å². The molecule has 134 valence electrons. The maximum Gasteiger partial charge on any atom is 0.161 e. The summed E-state index contributed by atoms with van der Waals surface area (Å²) >= 11 is 0. The Kier molecular flexibility index (Phi) is 6.72. The molecule has 0 saturated carbocycles. The van der Waals surface area contributed by atoms with Gasteiger partial charge in [-0.2, -0.15) is 0 Å². The Balaban J connectivity index is 1.27. The smallest absolute Gasteiger partial charge is 0.161 e. The van der Waals surface area contributed by atoms with Gasteiger partial charge in [0, 0.05) is 13.2 Å². The normalized spacial score (nSPS) is 21.0. The van der Waals surface area contributed by atoms with Gasteiger partial charge < -0.3 is 29.4 Å². The summed E-state index contributed by atoms with van der Waals surface area (Å²) in [7, 11) is 0. The van der Waals surface area contributed by atoms with Crippen molar-refractivity contribution in [1.29, 1.82) is 0 Å². The molecule has 24 heavy (non-hydrogen) atoms. The molecule has 2 N–H and O–H groups in total. The number of aliphatic hydroxyl groups is 1. The first kappa shape index (κ1) is 17.5. The summed E-state index contributed by atoms with van der Waals surface area (Å²) in [5.74, 6) is 1.64. The molecule has 2 heterocycles. The van der Waals surface area contributed by atoms with Gasteiger partial charge in [-0.25, -0.2) is 0 Å². The summed E-state index contributed by atoms with van der Waals surface area (Å²) in [6, 6.07) is 6.03. The predicted octanol–water partition coefficient (Wildman–Crippen LogP) is 1.15. The van der Waals surface area contributed by atoms with E-state index in [1.54, 1.807) is 0 Å². The van der Waals surface area contributed by atoms with Crippen LogP contribution in [0.2, 0.25) is 0 Å². The lowest BCUT2D eigenvalue weighted by Gasteiger charge is -2.19. The van der Waals surface area contributed by atoms with Gasteiger partial charge in [0.2, 0.25) is 0 Å². The van der Waals surface area contributed by atoms with Gasteiger partial charge in [-0.15, -0.1) is 0 Å². The van der Waals surface area contributed by atoms with Crippen LogP contribution in [0.15, 0.2) is 18.2 Å². The summed E-state index contributed by atoms with van der Waals surface area (Å²) in [4.78, 5) is 0. The number of aliphatic hydroxyl groups excluding tert-OH is 1. The third kappa shape index (κ3) is 5.34. The molecule has 2 atom stereocenters. The Morgan fingerprint density at radius 3 is 2.92 bits per heavy atom. The van der Waals surface area contributed by atoms with Crippen molar-refractivity contribution in [3.05, 3.63) is 23.8 Å². The van der Waals surface area contributed by atoms with Crippen LogP contribution in [0, 0.1) is 0 Å². The average Bonchev–Trinajstić information content (AvgIpc) is 3.12. The minimum absolute atomic E-state index is 0.209. The van der Waals surface area contributed by atoms with E-state index < -0.39 is 6.10 Å². The predicted molar refractivity (Wildman–Crippen MR) is 89.8 cm³/mol. The van der Waals surface area contributed by atoms with Gasteiger partial charge in [0.25, 0.3) is 0 Å². The lowest BCUT2D eigenvalue weighted by molar-refractivity contribution is -0.0163. The topological polar surface area (TPSA) is 69.2 Å². The second kappa shape index (κ2) is 9.22. The van der Waals surface area contributed by atoms with Crippen molar-refractivity contribution in [1.82, 2.24) is 5.32 Å². The van der Waals surface area contributed by atoms with E-state index in [0.29, 0.717) is 33.0 Å². The van der Waals surface area contributed by atoms with Crippen molar-refractivity contribution in [3.63, 3.8) is 0 Å². The van der Waals surface area contributed by atoms with Crippen LogP contribution in [0.4, 0.5) is 0 Å². The highest BCUT2D eigenvalue weighted by Gasteiger charge is 2.16. The lowest BCUT2D eigenvalue weighted by Crippen LogP contribution is -2.32. The molecule has 3 rings (SSSR count). The van der Waals surface area contributed by atoms with Crippen LogP contribution >= 0.6 is 0 Å². The van der Waals surface area contributed by atoms with Gasteiger partial charge >= 0.3 is 0 Å². The van der Waals surface area contributed by atoms with Crippen LogP contribution in [0.25, 0.3) is 0 Å².